The maximum Gasteiger partial charge on any atom is 0.254 e. The fourth-order valence-electron chi connectivity index (χ4n) is 6.09. The average Bonchev–Trinajstić information content (AvgIpc) is 3.31. The fourth-order valence-corrected chi connectivity index (χ4v) is 6.91. The van der Waals surface area contributed by atoms with E-state index in [0.29, 0.717) is 29.8 Å². The first-order valence-electron chi connectivity index (χ1n) is 12.1. The van der Waals surface area contributed by atoms with Crippen molar-refractivity contribution < 1.29 is 9.18 Å². The Balaban J connectivity index is 1.22. The lowest BCUT2D eigenvalue weighted by Gasteiger charge is -2.37. The van der Waals surface area contributed by atoms with Gasteiger partial charge in [0, 0.05) is 41.5 Å². The van der Waals surface area contributed by atoms with Crippen LogP contribution in [0.5, 0.6) is 0 Å². The lowest BCUT2D eigenvalue weighted by molar-refractivity contribution is 0.0630. The molecule has 4 atom stereocenters. The van der Waals surface area contributed by atoms with E-state index in [1.54, 1.807) is 11.3 Å². The molecule has 1 aliphatic carbocycles. The highest BCUT2D eigenvalue weighted by atomic mass is 32.1. The molecule has 172 valence electrons. The van der Waals surface area contributed by atoms with E-state index in [0.717, 1.165) is 41.0 Å². The number of amides is 1. The quantitative estimate of drug-likeness (QED) is 0.567. The average molecular weight is 465 g/mol. The molecule has 1 amide bonds. The molecular weight excluding hydrogens is 435 g/mol. The van der Waals surface area contributed by atoms with Crippen LogP contribution in [-0.2, 0) is 0 Å². The number of nitrogens with zero attached hydrogens (tertiary/aromatic N) is 3. The minimum absolute atomic E-state index is 0.0481. The van der Waals surface area contributed by atoms with Crippen LogP contribution in [0.15, 0.2) is 29.6 Å². The van der Waals surface area contributed by atoms with Gasteiger partial charge < -0.3 is 10.2 Å². The number of nitrogens with one attached hydrogen (secondary N) is 1. The van der Waals surface area contributed by atoms with Gasteiger partial charge in [0.1, 0.15) is 16.5 Å². The summed E-state index contributed by atoms with van der Waals surface area (Å²) in [6, 6.07) is 8.44. The molecule has 2 saturated heterocycles. The van der Waals surface area contributed by atoms with Gasteiger partial charge >= 0.3 is 0 Å². The van der Waals surface area contributed by atoms with Gasteiger partial charge in [-0.25, -0.2) is 14.4 Å². The third-order valence-corrected chi connectivity index (χ3v) is 8.55. The second-order valence-corrected chi connectivity index (χ2v) is 10.7. The molecular formula is C26H29FN4OS. The highest BCUT2D eigenvalue weighted by Gasteiger charge is 2.43. The third-order valence-electron chi connectivity index (χ3n) is 7.75. The van der Waals surface area contributed by atoms with Crippen LogP contribution >= 0.6 is 11.3 Å². The first kappa shape index (κ1) is 21.2. The molecule has 1 aromatic carbocycles. The van der Waals surface area contributed by atoms with Crippen molar-refractivity contribution in [1.82, 2.24) is 20.2 Å². The minimum atomic E-state index is -0.276. The van der Waals surface area contributed by atoms with Crippen molar-refractivity contribution in [3.05, 3.63) is 58.1 Å². The van der Waals surface area contributed by atoms with E-state index < -0.39 is 0 Å². The van der Waals surface area contributed by atoms with Crippen molar-refractivity contribution in [2.45, 2.75) is 75.9 Å². The van der Waals surface area contributed by atoms with Crippen LogP contribution in [0.4, 0.5) is 4.39 Å². The van der Waals surface area contributed by atoms with Gasteiger partial charge in [-0.1, -0.05) is 6.07 Å². The van der Waals surface area contributed by atoms with Gasteiger partial charge in [0.25, 0.3) is 5.91 Å². The van der Waals surface area contributed by atoms with E-state index in [-0.39, 0.29) is 29.6 Å². The second-order valence-electron chi connectivity index (χ2n) is 9.83. The summed E-state index contributed by atoms with van der Waals surface area (Å²) in [6.07, 6.45) is 5.26. The fraction of sp³-hybridized carbons (Fsp3) is 0.500. The Kier molecular flexibility index (Phi) is 5.22. The van der Waals surface area contributed by atoms with Gasteiger partial charge in [-0.15, -0.1) is 11.3 Å². The highest BCUT2D eigenvalue weighted by Crippen LogP contribution is 2.56. The number of halogens is 1. The van der Waals surface area contributed by atoms with Crippen molar-refractivity contribution >= 4 is 27.5 Å². The van der Waals surface area contributed by atoms with Crippen LogP contribution in [0.2, 0.25) is 0 Å². The van der Waals surface area contributed by atoms with Crippen LogP contribution in [-0.4, -0.2) is 45.4 Å². The van der Waals surface area contributed by atoms with E-state index in [4.69, 9.17) is 4.98 Å². The van der Waals surface area contributed by atoms with Gasteiger partial charge in [-0.05, 0) is 81.0 Å². The molecule has 2 aliphatic heterocycles. The lowest BCUT2D eigenvalue weighted by Crippen LogP contribution is -2.50. The molecule has 1 N–H and O–H groups in total. The molecule has 0 spiro atoms. The molecule has 2 bridgehead atoms. The molecule has 0 radical (unpaired) electrons. The van der Waals surface area contributed by atoms with Crippen LogP contribution in [0, 0.1) is 12.7 Å². The molecule has 4 heterocycles. The van der Waals surface area contributed by atoms with Crippen molar-refractivity contribution in [2.75, 3.05) is 6.54 Å². The Bertz CT molecular complexity index is 1210. The Morgan fingerprint density at radius 2 is 1.94 bits per heavy atom. The molecule has 5 nitrogen and oxygen atoms in total. The number of carbonyl (C=O) groups excluding carboxylic acids is 1. The molecule has 4 unspecified atom stereocenters. The predicted molar refractivity (Wildman–Crippen MR) is 128 cm³/mol. The van der Waals surface area contributed by atoms with Crippen molar-refractivity contribution in [3.63, 3.8) is 0 Å². The highest BCUT2D eigenvalue weighted by molar-refractivity contribution is 7.16. The molecule has 6 rings (SSSR count). The summed E-state index contributed by atoms with van der Waals surface area (Å²) in [4.78, 5) is 25.5. The van der Waals surface area contributed by atoms with Crippen LogP contribution in [0.25, 0.3) is 10.2 Å². The Hall–Kier alpha value is -2.38. The molecule has 3 aliphatic rings. The molecule has 1 saturated carbocycles. The van der Waals surface area contributed by atoms with Crippen LogP contribution < -0.4 is 5.32 Å². The third kappa shape index (κ3) is 3.75. The summed E-state index contributed by atoms with van der Waals surface area (Å²) in [7, 11) is 0. The second kappa shape index (κ2) is 8.13. The number of carbonyl (C=O) groups is 1. The summed E-state index contributed by atoms with van der Waals surface area (Å²) in [6.45, 7) is 4.59. The van der Waals surface area contributed by atoms with Gasteiger partial charge in [0.15, 0.2) is 0 Å². The number of benzene rings is 1. The zero-order valence-electron chi connectivity index (χ0n) is 19.1. The first-order chi connectivity index (χ1) is 16.0. The van der Waals surface area contributed by atoms with E-state index in [1.807, 2.05) is 36.3 Å². The van der Waals surface area contributed by atoms with E-state index >= 15 is 4.39 Å². The lowest BCUT2D eigenvalue weighted by atomic mass is 9.97. The normalized spacial score (nSPS) is 28.3. The maximum absolute atomic E-state index is 15.3. The number of fused-ring (bicyclic) bond motifs is 3. The van der Waals surface area contributed by atoms with Gasteiger partial charge in [-0.3, -0.25) is 4.79 Å². The standard InChI is InChI=1S/C26H29FN4OS/c1-3-31(18-11-16-5-6-17(12-18)30-16)26(32)15-4-7-19(23(27)10-15)21-13-22(21)24-20-8-9-33-25(20)29-14(2)28-24/h4,7-10,16-18,21-22,30H,3,5-6,11-13H2,1-2H3. The Morgan fingerprint density at radius 1 is 1.15 bits per heavy atom. The van der Waals surface area contributed by atoms with E-state index in [2.05, 4.69) is 16.4 Å². The maximum atomic E-state index is 15.3. The van der Waals surface area contributed by atoms with E-state index in [9.17, 15) is 4.79 Å². The molecule has 2 aromatic heterocycles. The van der Waals surface area contributed by atoms with Crippen molar-refractivity contribution in [3.8, 4) is 0 Å². The molecule has 3 aromatic rings. The predicted octanol–water partition coefficient (Wildman–Crippen LogP) is 5.16. The number of aromatic nitrogens is 2. The SMILES string of the molecule is CCN(C(=O)c1ccc(C2CC2c2nc(C)nc3sccc23)c(F)c1)C1CC2CCC(C1)N2. The number of rotatable bonds is 5. The topological polar surface area (TPSA) is 58.1 Å². The summed E-state index contributed by atoms with van der Waals surface area (Å²) < 4.78 is 15.3. The molecule has 33 heavy (non-hydrogen) atoms. The monoisotopic (exact) mass is 464 g/mol. The number of piperidine rings is 1. The molecule has 3 fully saturated rings. The number of hydrogen-bond acceptors (Lipinski definition) is 5. The summed E-state index contributed by atoms with van der Waals surface area (Å²) in [5, 5.41) is 6.76. The van der Waals surface area contributed by atoms with Gasteiger partial charge in [0.05, 0.1) is 5.69 Å². The number of aryl methyl sites for hydroxylation is 1. The summed E-state index contributed by atoms with van der Waals surface area (Å²) >= 11 is 1.62. The Morgan fingerprint density at radius 3 is 2.67 bits per heavy atom. The number of hydrogen-bond donors (Lipinski definition) is 1. The minimum Gasteiger partial charge on any atom is -0.336 e. The van der Waals surface area contributed by atoms with E-state index in [1.165, 1.54) is 18.9 Å². The zero-order chi connectivity index (χ0) is 22.7. The van der Waals surface area contributed by atoms with Crippen LogP contribution in [0.3, 0.4) is 0 Å². The first-order valence-corrected chi connectivity index (χ1v) is 13.0. The zero-order valence-corrected chi connectivity index (χ0v) is 19.9. The summed E-state index contributed by atoms with van der Waals surface area (Å²) in [5.74, 6) is 0.749. The van der Waals surface area contributed by atoms with Crippen LogP contribution in [0.1, 0.15) is 78.3 Å². The van der Waals surface area contributed by atoms with Gasteiger partial charge in [-0.2, -0.15) is 0 Å². The Labute approximate surface area is 197 Å². The van der Waals surface area contributed by atoms with Crippen molar-refractivity contribution in [1.29, 1.82) is 0 Å². The molecule has 7 heteroatoms. The smallest absolute Gasteiger partial charge is 0.254 e. The van der Waals surface area contributed by atoms with Crippen molar-refractivity contribution in [2.24, 2.45) is 0 Å². The number of thiophene rings is 1. The van der Waals surface area contributed by atoms with Gasteiger partial charge in [0.2, 0.25) is 0 Å². The summed E-state index contributed by atoms with van der Waals surface area (Å²) in [5.41, 5.74) is 2.18. The largest absolute Gasteiger partial charge is 0.336 e.